The Kier molecular flexibility index (Phi) is 5.19. The molecule has 0 radical (unpaired) electrons. The zero-order valence-electron chi connectivity index (χ0n) is 17.4. The van der Waals surface area contributed by atoms with Gasteiger partial charge >= 0.3 is 0 Å². The Morgan fingerprint density at radius 1 is 1.06 bits per heavy atom. The van der Waals surface area contributed by atoms with Gasteiger partial charge in [0.2, 0.25) is 6.10 Å². The Balaban J connectivity index is 1.51. The molecule has 0 N–H and O–H groups in total. The molecule has 6 nitrogen and oxygen atoms in total. The maximum absolute atomic E-state index is 13.6. The van der Waals surface area contributed by atoms with E-state index in [1.807, 2.05) is 52.7 Å². The Labute approximate surface area is 184 Å². The molecule has 2 unspecified atom stereocenters. The van der Waals surface area contributed by atoms with E-state index in [1.54, 1.807) is 25.6 Å². The fraction of sp³-hybridized carbons (Fsp3) is 0.292. The normalized spacial score (nSPS) is 19.5. The number of hydrogen-bond acceptors (Lipinski definition) is 6. The molecule has 2 aromatic carbocycles. The van der Waals surface area contributed by atoms with Gasteiger partial charge in [-0.1, -0.05) is 18.2 Å². The summed E-state index contributed by atoms with van der Waals surface area (Å²) < 4.78 is 22.9. The molecule has 2 atom stereocenters. The second-order valence-electron chi connectivity index (χ2n) is 7.47. The Bertz CT molecular complexity index is 1100. The van der Waals surface area contributed by atoms with Gasteiger partial charge in [0.25, 0.3) is 5.91 Å². The van der Waals surface area contributed by atoms with Crippen molar-refractivity contribution in [2.75, 3.05) is 27.4 Å². The first-order chi connectivity index (χ1) is 15.2. The summed E-state index contributed by atoms with van der Waals surface area (Å²) in [4.78, 5) is 16.6. The molecule has 3 heterocycles. The molecule has 1 aromatic heterocycles. The SMILES string of the molecule is COc1cc2c(cc1OC)C(c1cccs1)N(C(=O)C1COc3ccccc3O1)CC2. The predicted molar refractivity (Wildman–Crippen MR) is 117 cm³/mol. The highest BCUT2D eigenvalue weighted by Gasteiger charge is 2.39. The maximum atomic E-state index is 13.6. The molecular weight excluding hydrogens is 414 g/mol. The molecule has 0 bridgehead atoms. The van der Waals surface area contributed by atoms with Crippen molar-refractivity contribution in [1.29, 1.82) is 0 Å². The van der Waals surface area contributed by atoms with Gasteiger partial charge < -0.3 is 23.8 Å². The van der Waals surface area contributed by atoms with Crippen molar-refractivity contribution < 1.29 is 23.7 Å². The fourth-order valence-electron chi connectivity index (χ4n) is 4.26. The summed E-state index contributed by atoms with van der Waals surface area (Å²) in [5.41, 5.74) is 2.21. The molecule has 0 saturated carbocycles. The smallest absolute Gasteiger partial charge is 0.268 e. The van der Waals surface area contributed by atoms with Crippen molar-refractivity contribution in [1.82, 2.24) is 4.90 Å². The van der Waals surface area contributed by atoms with E-state index in [-0.39, 0.29) is 18.6 Å². The van der Waals surface area contributed by atoms with Crippen LogP contribution in [-0.4, -0.2) is 44.3 Å². The molecule has 31 heavy (non-hydrogen) atoms. The van der Waals surface area contributed by atoms with Crippen LogP contribution in [0.1, 0.15) is 22.0 Å². The van der Waals surface area contributed by atoms with Crippen LogP contribution in [0.3, 0.4) is 0 Å². The lowest BCUT2D eigenvalue weighted by atomic mass is 9.90. The number of nitrogens with zero attached hydrogens (tertiary/aromatic N) is 1. The zero-order chi connectivity index (χ0) is 21.4. The summed E-state index contributed by atoms with van der Waals surface area (Å²) in [5.74, 6) is 2.55. The van der Waals surface area contributed by atoms with Crippen LogP contribution >= 0.6 is 11.3 Å². The van der Waals surface area contributed by atoms with E-state index in [0.717, 1.165) is 22.4 Å². The Morgan fingerprint density at radius 3 is 2.58 bits per heavy atom. The highest BCUT2D eigenvalue weighted by atomic mass is 32.1. The fourth-order valence-corrected chi connectivity index (χ4v) is 5.12. The first kappa shape index (κ1) is 19.8. The highest BCUT2D eigenvalue weighted by Crippen LogP contribution is 2.43. The van der Waals surface area contributed by atoms with E-state index in [1.165, 1.54) is 0 Å². The van der Waals surface area contributed by atoms with Gasteiger partial charge in [0.15, 0.2) is 23.0 Å². The van der Waals surface area contributed by atoms with Crippen molar-refractivity contribution in [3.05, 3.63) is 69.9 Å². The lowest BCUT2D eigenvalue weighted by Crippen LogP contribution is -2.50. The number of carbonyl (C=O) groups is 1. The summed E-state index contributed by atoms with van der Waals surface area (Å²) in [6, 6.07) is 15.3. The third kappa shape index (κ3) is 3.49. The molecule has 3 aromatic rings. The van der Waals surface area contributed by atoms with E-state index in [9.17, 15) is 4.79 Å². The Morgan fingerprint density at radius 2 is 1.84 bits per heavy atom. The number of benzene rings is 2. The van der Waals surface area contributed by atoms with E-state index in [2.05, 4.69) is 6.07 Å². The lowest BCUT2D eigenvalue weighted by Gasteiger charge is -2.39. The second kappa shape index (κ2) is 8.15. The van der Waals surface area contributed by atoms with Crippen LogP contribution in [0.2, 0.25) is 0 Å². The largest absolute Gasteiger partial charge is 0.493 e. The third-order valence-electron chi connectivity index (χ3n) is 5.75. The van der Waals surface area contributed by atoms with Gasteiger partial charge in [0.05, 0.1) is 20.3 Å². The topological polar surface area (TPSA) is 57.2 Å². The predicted octanol–water partition coefficient (Wildman–Crippen LogP) is 4.08. The van der Waals surface area contributed by atoms with E-state index in [0.29, 0.717) is 29.5 Å². The molecule has 0 saturated heterocycles. The van der Waals surface area contributed by atoms with Crippen molar-refractivity contribution in [2.24, 2.45) is 0 Å². The number of para-hydroxylation sites is 2. The molecule has 2 aliphatic rings. The number of fused-ring (bicyclic) bond motifs is 2. The monoisotopic (exact) mass is 437 g/mol. The average Bonchev–Trinajstić information content (AvgIpc) is 3.36. The van der Waals surface area contributed by atoms with Crippen LogP contribution in [-0.2, 0) is 11.2 Å². The number of ether oxygens (including phenoxy) is 4. The molecule has 7 heteroatoms. The van der Waals surface area contributed by atoms with E-state index < -0.39 is 6.10 Å². The number of carbonyl (C=O) groups excluding carboxylic acids is 1. The van der Waals surface area contributed by atoms with Gasteiger partial charge in [-0.2, -0.15) is 0 Å². The van der Waals surface area contributed by atoms with Crippen LogP contribution in [0, 0.1) is 0 Å². The van der Waals surface area contributed by atoms with Crippen LogP contribution in [0.25, 0.3) is 0 Å². The zero-order valence-corrected chi connectivity index (χ0v) is 18.2. The molecule has 0 fully saturated rings. The summed E-state index contributed by atoms with van der Waals surface area (Å²) in [5, 5.41) is 2.03. The quantitative estimate of drug-likeness (QED) is 0.616. The number of rotatable bonds is 4. The van der Waals surface area contributed by atoms with Crippen molar-refractivity contribution in [3.8, 4) is 23.0 Å². The van der Waals surface area contributed by atoms with E-state index >= 15 is 0 Å². The first-order valence-electron chi connectivity index (χ1n) is 10.2. The van der Waals surface area contributed by atoms with Gasteiger partial charge in [0, 0.05) is 11.4 Å². The summed E-state index contributed by atoms with van der Waals surface area (Å²) >= 11 is 1.63. The third-order valence-corrected chi connectivity index (χ3v) is 6.68. The van der Waals surface area contributed by atoms with Crippen molar-refractivity contribution in [2.45, 2.75) is 18.6 Å². The van der Waals surface area contributed by atoms with Gasteiger partial charge in [-0.25, -0.2) is 0 Å². The maximum Gasteiger partial charge on any atom is 0.268 e. The van der Waals surface area contributed by atoms with Crippen LogP contribution in [0.4, 0.5) is 0 Å². The summed E-state index contributed by atoms with van der Waals surface area (Å²) in [7, 11) is 3.26. The van der Waals surface area contributed by atoms with Gasteiger partial charge in [-0.3, -0.25) is 4.79 Å². The van der Waals surface area contributed by atoms with E-state index in [4.69, 9.17) is 18.9 Å². The average molecular weight is 438 g/mol. The number of amides is 1. The molecule has 5 rings (SSSR count). The molecular formula is C24H23NO5S. The molecule has 0 spiro atoms. The minimum absolute atomic E-state index is 0.0756. The van der Waals surface area contributed by atoms with Crippen molar-refractivity contribution >= 4 is 17.2 Å². The van der Waals surface area contributed by atoms with Crippen LogP contribution < -0.4 is 18.9 Å². The molecule has 1 amide bonds. The standard InChI is InChI=1S/C24H23NO5S/c1-27-19-12-15-9-10-25(23(22-8-5-11-31-22)16(15)13-20(19)28-2)24(26)21-14-29-17-6-3-4-7-18(17)30-21/h3-8,11-13,21,23H,9-10,14H2,1-2H3. The highest BCUT2D eigenvalue weighted by molar-refractivity contribution is 7.10. The Hall–Kier alpha value is -3.19. The van der Waals surface area contributed by atoms with Gasteiger partial charge in [-0.05, 0) is 53.3 Å². The summed E-state index contributed by atoms with van der Waals surface area (Å²) in [6.45, 7) is 0.785. The molecule has 0 aliphatic carbocycles. The number of thiophene rings is 1. The van der Waals surface area contributed by atoms with Gasteiger partial charge in [0.1, 0.15) is 6.61 Å². The molecule has 2 aliphatic heterocycles. The van der Waals surface area contributed by atoms with Crippen molar-refractivity contribution in [3.63, 3.8) is 0 Å². The minimum atomic E-state index is -0.681. The minimum Gasteiger partial charge on any atom is -0.493 e. The van der Waals surface area contributed by atoms with Gasteiger partial charge in [-0.15, -0.1) is 11.3 Å². The number of hydrogen-bond donors (Lipinski definition) is 0. The first-order valence-corrected chi connectivity index (χ1v) is 11.0. The lowest BCUT2D eigenvalue weighted by molar-refractivity contribution is -0.143. The van der Waals surface area contributed by atoms with Crippen LogP contribution in [0.5, 0.6) is 23.0 Å². The molecule has 160 valence electrons. The second-order valence-corrected chi connectivity index (χ2v) is 8.45. The van der Waals surface area contributed by atoms with Crippen LogP contribution in [0.15, 0.2) is 53.9 Å². The summed E-state index contributed by atoms with van der Waals surface area (Å²) in [6.07, 6.45) is 0.0482. The number of methoxy groups -OCH3 is 2.